The van der Waals surface area contributed by atoms with Gasteiger partial charge in [0.15, 0.2) is 10.8 Å². The van der Waals surface area contributed by atoms with Gasteiger partial charge in [-0.25, -0.2) is 28.8 Å². The number of hydrazone groups is 1. The molecule has 4 aromatic heterocycles. The zero-order chi connectivity index (χ0) is 23.4. The van der Waals surface area contributed by atoms with Crippen molar-refractivity contribution in [2.45, 2.75) is 18.1 Å². The van der Waals surface area contributed by atoms with Crippen molar-refractivity contribution in [3.05, 3.63) is 70.6 Å². The Hall–Kier alpha value is -3.55. The van der Waals surface area contributed by atoms with Gasteiger partial charge in [0.25, 0.3) is 15.9 Å². The number of rotatable bonds is 7. The Morgan fingerprint density at radius 3 is 2.64 bits per heavy atom. The Balaban J connectivity index is 1.53. The van der Waals surface area contributed by atoms with Crippen LogP contribution in [-0.4, -0.2) is 40.0 Å². The van der Waals surface area contributed by atoms with E-state index in [4.69, 9.17) is 0 Å². The molecule has 13 heteroatoms. The standard InChI is InChI=1S/C20H17N7O3S3/c1-12-17(32-20(24-12)18-22-7-4-8-23-18)13(2)25-26-19(28)14-6-9-21-11-15(14)27-33(29,30)16-5-3-10-31-16/h3-11,27H,1-2H3,(H,26,28)/b25-13+. The predicted octanol–water partition coefficient (Wildman–Crippen LogP) is 3.32. The van der Waals surface area contributed by atoms with Crippen LogP contribution < -0.4 is 10.1 Å². The molecule has 33 heavy (non-hydrogen) atoms. The maximum atomic E-state index is 12.8. The second kappa shape index (κ2) is 9.52. The van der Waals surface area contributed by atoms with Gasteiger partial charge < -0.3 is 0 Å². The summed E-state index contributed by atoms with van der Waals surface area (Å²) < 4.78 is 27.6. The summed E-state index contributed by atoms with van der Waals surface area (Å²) in [7, 11) is -3.84. The number of nitrogens with one attached hydrogen (secondary N) is 2. The van der Waals surface area contributed by atoms with E-state index in [9.17, 15) is 13.2 Å². The van der Waals surface area contributed by atoms with Gasteiger partial charge in [0.2, 0.25) is 0 Å². The number of pyridine rings is 1. The van der Waals surface area contributed by atoms with Gasteiger partial charge in [-0.2, -0.15) is 5.10 Å². The lowest BCUT2D eigenvalue weighted by atomic mass is 10.2. The molecule has 0 radical (unpaired) electrons. The Bertz CT molecular complexity index is 1420. The van der Waals surface area contributed by atoms with E-state index in [-0.39, 0.29) is 15.5 Å². The minimum Gasteiger partial charge on any atom is -0.277 e. The van der Waals surface area contributed by atoms with Crippen LogP contribution in [0, 0.1) is 6.92 Å². The number of hydrogen-bond donors (Lipinski definition) is 2. The number of aryl methyl sites for hydroxylation is 1. The van der Waals surface area contributed by atoms with Crippen LogP contribution in [-0.2, 0) is 10.0 Å². The molecule has 0 aromatic carbocycles. The lowest BCUT2D eigenvalue weighted by Gasteiger charge is -2.10. The summed E-state index contributed by atoms with van der Waals surface area (Å²) >= 11 is 2.43. The third-order valence-electron chi connectivity index (χ3n) is 4.28. The first-order valence-electron chi connectivity index (χ1n) is 9.45. The zero-order valence-corrected chi connectivity index (χ0v) is 19.8. The van der Waals surface area contributed by atoms with Crippen LogP contribution in [0.4, 0.5) is 5.69 Å². The SMILES string of the molecule is C/C(=N\NC(=O)c1ccncc1NS(=O)(=O)c1cccs1)c1sc(-c2ncccn2)nc1C. The topological polar surface area (TPSA) is 139 Å². The van der Waals surface area contributed by atoms with E-state index in [2.05, 4.69) is 35.2 Å². The zero-order valence-electron chi connectivity index (χ0n) is 17.4. The average molecular weight is 500 g/mol. The number of thiophene rings is 1. The molecule has 0 saturated heterocycles. The van der Waals surface area contributed by atoms with Crippen molar-refractivity contribution in [3.63, 3.8) is 0 Å². The molecule has 0 bridgehead atoms. The Morgan fingerprint density at radius 1 is 1.12 bits per heavy atom. The lowest BCUT2D eigenvalue weighted by Crippen LogP contribution is -2.22. The maximum absolute atomic E-state index is 12.8. The fourth-order valence-electron chi connectivity index (χ4n) is 2.77. The minimum atomic E-state index is -3.84. The van der Waals surface area contributed by atoms with Crippen LogP contribution >= 0.6 is 22.7 Å². The molecular weight excluding hydrogens is 482 g/mol. The van der Waals surface area contributed by atoms with Gasteiger partial charge >= 0.3 is 0 Å². The second-order valence-electron chi connectivity index (χ2n) is 6.60. The molecular formula is C20H17N7O3S3. The third-order valence-corrected chi connectivity index (χ3v) is 8.30. The van der Waals surface area contributed by atoms with Crippen LogP contribution in [0.25, 0.3) is 10.8 Å². The van der Waals surface area contributed by atoms with E-state index < -0.39 is 15.9 Å². The second-order valence-corrected chi connectivity index (χ2v) is 10.5. The fraction of sp³-hybridized carbons (Fsp3) is 0.100. The van der Waals surface area contributed by atoms with Crippen molar-refractivity contribution >= 4 is 50.0 Å². The monoisotopic (exact) mass is 499 g/mol. The molecule has 4 aromatic rings. The average Bonchev–Trinajstić information content (AvgIpc) is 3.49. The number of nitrogens with zero attached hydrogens (tertiary/aromatic N) is 5. The van der Waals surface area contributed by atoms with Gasteiger partial charge in [0.05, 0.1) is 33.7 Å². The van der Waals surface area contributed by atoms with E-state index in [0.717, 1.165) is 21.9 Å². The van der Waals surface area contributed by atoms with Gasteiger partial charge in [-0.05, 0) is 37.4 Å². The van der Waals surface area contributed by atoms with Crippen molar-refractivity contribution in [1.29, 1.82) is 0 Å². The molecule has 0 unspecified atom stereocenters. The molecule has 2 N–H and O–H groups in total. The summed E-state index contributed by atoms with van der Waals surface area (Å²) in [6.45, 7) is 3.57. The number of sulfonamides is 1. The van der Waals surface area contributed by atoms with Crippen LogP contribution in [0.1, 0.15) is 27.9 Å². The van der Waals surface area contributed by atoms with Crippen molar-refractivity contribution in [3.8, 4) is 10.8 Å². The molecule has 0 atom stereocenters. The Labute approximate surface area is 197 Å². The molecule has 0 aliphatic carbocycles. The lowest BCUT2D eigenvalue weighted by molar-refractivity contribution is 0.0955. The van der Waals surface area contributed by atoms with E-state index in [1.807, 2.05) is 6.92 Å². The largest absolute Gasteiger partial charge is 0.277 e. The molecule has 4 rings (SSSR count). The molecule has 4 heterocycles. The minimum absolute atomic E-state index is 0.0498. The van der Waals surface area contributed by atoms with E-state index in [1.54, 1.807) is 36.8 Å². The van der Waals surface area contributed by atoms with Gasteiger partial charge in [0.1, 0.15) is 4.21 Å². The van der Waals surface area contributed by atoms with Crippen LogP contribution in [0.15, 0.2) is 63.7 Å². The van der Waals surface area contributed by atoms with Crippen molar-refractivity contribution < 1.29 is 13.2 Å². The summed E-state index contributed by atoms with van der Waals surface area (Å²) in [6.07, 6.45) is 5.95. The first kappa shape index (κ1) is 22.6. The molecule has 0 aliphatic heterocycles. The first-order valence-corrected chi connectivity index (χ1v) is 12.6. The highest BCUT2D eigenvalue weighted by molar-refractivity contribution is 7.94. The van der Waals surface area contributed by atoms with Crippen LogP contribution in [0.3, 0.4) is 0 Å². The van der Waals surface area contributed by atoms with Crippen molar-refractivity contribution in [2.24, 2.45) is 5.10 Å². The fourth-order valence-corrected chi connectivity index (χ4v) is 5.78. The molecule has 1 amide bonds. The van der Waals surface area contributed by atoms with Gasteiger partial charge in [0, 0.05) is 18.6 Å². The van der Waals surface area contributed by atoms with Gasteiger partial charge in [-0.1, -0.05) is 6.07 Å². The number of carbonyl (C=O) groups excluding carboxylic acids is 1. The molecule has 0 saturated carbocycles. The molecule has 0 fully saturated rings. The van der Waals surface area contributed by atoms with Crippen LogP contribution in [0.2, 0.25) is 0 Å². The number of aromatic nitrogens is 4. The summed E-state index contributed by atoms with van der Waals surface area (Å²) in [5.74, 6) is -0.0810. The third kappa shape index (κ3) is 5.10. The highest BCUT2D eigenvalue weighted by atomic mass is 32.2. The number of amides is 1. The van der Waals surface area contributed by atoms with Crippen molar-refractivity contribution in [1.82, 2.24) is 25.4 Å². The smallest absolute Gasteiger partial charge is 0.273 e. The maximum Gasteiger partial charge on any atom is 0.273 e. The quantitative estimate of drug-likeness (QED) is 0.294. The Morgan fingerprint density at radius 2 is 1.91 bits per heavy atom. The van der Waals surface area contributed by atoms with E-state index in [1.165, 1.54) is 35.9 Å². The number of anilines is 1. The number of thiazole rings is 1. The number of hydrogen-bond acceptors (Lipinski definition) is 10. The van der Waals surface area contributed by atoms with Crippen molar-refractivity contribution in [2.75, 3.05) is 4.72 Å². The number of carbonyl (C=O) groups is 1. The summed E-state index contributed by atoms with van der Waals surface area (Å²) in [6, 6.07) is 6.24. The first-order chi connectivity index (χ1) is 15.8. The van der Waals surface area contributed by atoms with Gasteiger partial charge in [-0.15, -0.1) is 22.7 Å². The molecule has 0 aliphatic rings. The highest BCUT2D eigenvalue weighted by Crippen LogP contribution is 2.26. The summed E-state index contributed by atoms with van der Waals surface area (Å²) in [4.78, 5) is 30.3. The predicted molar refractivity (Wildman–Crippen MR) is 127 cm³/mol. The summed E-state index contributed by atoms with van der Waals surface area (Å²) in [5.41, 5.74) is 3.87. The summed E-state index contributed by atoms with van der Waals surface area (Å²) in [5, 5.41) is 6.47. The van der Waals surface area contributed by atoms with E-state index >= 15 is 0 Å². The molecule has 0 spiro atoms. The molecule has 168 valence electrons. The van der Waals surface area contributed by atoms with E-state index in [0.29, 0.717) is 16.5 Å². The van der Waals surface area contributed by atoms with Gasteiger partial charge in [-0.3, -0.25) is 14.5 Å². The normalized spacial score (nSPS) is 11.9. The van der Waals surface area contributed by atoms with Crippen LogP contribution in [0.5, 0.6) is 0 Å². The molecule has 10 nitrogen and oxygen atoms in total. The Kier molecular flexibility index (Phi) is 6.53. The highest BCUT2D eigenvalue weighted by Gasteiger charge is 2.20.